The third-order valence-electron chi connectivity index (χ3n) is 4.31. The maximum Gasteiger partial charge on any atom is 0.270 e. The molecule has 7 heteroatoms. The van der Waals surface area contributed by atoms with Crippen LogP contribution in [-0.4, -0.2) is 30.9 Å². The van der Waals surface area contributed by atoms with Crippen LogP contribution in [-0.2, 0) is 7.05 Å². The van der Waals surface area contributed by atoms with E-state index >= 15 is 0 Å². The maximum absolute atomic E-state index is 12.8. The number of nitrogens with zero attached hydrogens (tertiary/aromatic N) is 4. The number of benzene rings is 1. The monoisotopic (exact) mass is 358 g/mol. The normalized spacial score (nSPS) is 11.9. The molecule has 2 N–H and O–H groups in total. The zero-order valence-corrected chi connectivity index (χ0v) is 14.7. The van der Waals surface area contributed by atoms with E-state index in [-0.39, 0.29) is 11.9 Å². The lowest BCUT2D eigenvalue weighted by Crippen LogP contribution is -2.31. The Kier molecular flexibility index (Phi) is 4.49. The molecule has 0 saturated carbocycles. The topological polar surface area (TPSA) is 88.5 Å². The largest absolute Gasteiger partial charge is 0.338 e. The van der Waals surface area contributed by atoms with Crippen LogP contribution in [0.25, 0.3) is 11.4 Å². The van der Waals surface area contributed by atoms with E-state index in [1.165, 1.54) is 0 Å². The Morgan fingerprint density at radius 1 is 1.04 bits per heavy atom. The summed E-state index contributed by atoms with van der Waals surface area (Å²) in [5, 5.41) is 14.3. The number of nitrogens with one attached hydrogen (secondary N) is 2. The summed E-state index contributed by atoms with van der Waals surface area (Å²) < 4.78 is 1.75. The van der Waals surface area contributed by atoms with Gasteiger partial charge in [-0.2, -0.15) is 10.2 Å². The average molecular weight is 358 g/mol. The molecule has 27 heavy (non-hydrogen) atoms. The van der Waals surface area contributed by atoms with Crippen LogP contribution < -0.4 is 5.32 Å². The first-order valence-corrected chi connectivity index (χ1v) is 8.53. The third kappa shape index (κ3) is 3.48. The average Bonchev–Trinajstić information content (AvgIpc) is 3.37. The van der Waals surface area contributed by atoms with Crippen LogP contribution in [0, 0.1) is 0 Å². The SMILES string of the molecule is Cn1nccc1[C@@H](NC(=O)c1cc(-c2ccccn2)n[nH]1)c1ccccc1. The van der Waals surface area contributed by atoms with E-state index in [9.17, 15) is 4.79 Å². The number of aromatic nitrogens is 5. The summed E-state index contributed by atoms with van der Waals surface area (Å²) in [6, 6.07) is 18.6. The van der Waals surface area contributed by atoms with Crippen LogP contribution in [0.2, 0.25) is 0 Å². The molecule has 0 aliphatic rings. The molecule has 0 radical (unpaired) electrons. The van der Waals surface area contributed by atoms with Gasteiger partial charge in [-0.25, -0.2) is 0 Å². The van der Waals surface area contributed by atoms with Gasteiger partial charge >= 0.3 is 0 Å². The Morgan fingerprint density at radius 3 is 2.56 bits per heavy atom. The van der Waals surface area contributed by atoms with Crippen molar-refractivity contribution in [1.82, 2.24) is 30.3 Å². The van der Waals surface area contributed by atoms with E-state index in [1.54, 1.807) is 23.1 Å². The second-order valence-electron chi connectivity index (χ2n) is 6.08. The lowest BCUT2D eigenvalue weighted by Gasteiger charge is -2.19. The molecule has 0 aliphatic heterocycles. The van der Waals surface area contributed by atoms with Crippen LogP contribution in [0.3, 0.4) is 0 Å². The highest BCUT2D eigenvalue weighted by atomic mass is 16.2. The van der Waals surface area contributed by atoms with Gasteiger partial charge in [0.05, 0.1) is 17.4 Å². The Hall–Kier alpha value is -3.74. The van der Waals surface area contributed by atoms with Crippen molar-refractivity contribution >= 4 is 5.91 Å². The van der Waals surface area contributed by atoms with Gasteiger partial charge in [0.2, 0.25) is 0 Å². The van der Waals surface area contributed by atoms with Gasteiger partial charge < -0.3 is 5.32 Å². The molecule has 134 valence electrons. The summed E-state index contributed by atoms with van der Waals surface area (Å²) in [7, 11) is 1.85. The van der Waals surface area contributed by atoms with Crippen LogP contribution in [0.15, 0.2) is 73.1 Å². The van der Waals surface area contributed by atoms with E-state index in [0.29, 0.717) is 17.1 Å². The van der Waals surface area contributed by atoms with E-state index < -0.39 is 0 Å². The Balaban J connectivity index is 1.61. The molecule has 4 aromatic rings. The molecule has 0 aliphatic carbocycles. The van der Waals surface area contributed by atoms with Crippen LogP contribution in [0.5, 0.6) is 0 Å². The highest BCUT2D eigenvalue weighted by Crippen LogP contribution is 2.22. The lowest BCUT2D eigenvalue weighted by molar-refractivity contribution is 0.0936. The van der Waals surface area contributed by atoms with Crippen molar-refractivity contribution in [2.45, 2.75) is 6.04 Å². The number of aromatic amines is 1. The molecule has 3 heterocycles. The molecule has 7 nitrogen and oxygen atoms in total. The first-order valence-electron chi connectivity index (χ1n) is 8.53. The number of carbonyl (C=O) groups is 1. The van der Waals surface area contributed by atoms with Crippen LogP contribution in [0.1, 0.15) is 27.8 Å². The number of aryl methyl sites for hydroxylation is 1. The molecule has 0 bridgehead atoms. The molecule has 1 atom stereocenters. The molecule has 4 rings (SSSR count). The maximum atomic E-state index is 12.8. The summed E-state index contributed by atoms with van der Waals surface area (Å²) in [6.45, 7) is 0. The minimum atomic E-state index is -0.326. The standard InChI is InChI=1S/C20H18N6O/c1-26-18(10-12-22-26)19(14-7-3-2-4-8-14)23-20(27)17-13-16(24-25-17)15-9-5-6-11-21-15/h2-13,19H,1H3,(H,23,27)(H,24,25)/t19-/m0/s1. The molecule has 0 fully saturated rings. The van der Waals surface area contributed by atoms with Crippen molar-refractivity contribution in [3.63, 3.8) is 0 Å². The fraction of sp³-hybridized carbons (Fsp3) is 0.100. The quantitative estimate of drug-likeness (QED) is 0.574. The zero-order chi connectivity index (χ0) is 18.6. The summed E-state index contributed by atoms with van der Waals surface area (Å²) in [5.74, 6) is -0.250. The molecule has 0 saturated heterocycles. The summed E-state index contributed by atoms with van der Waals surface area (Å²) >= 11 is 0. The molecular weight excluding hydrogens is 340 g/mol. The number of amides is 1. The minimum Gasteiger partial charge on any atom is -0.338 e. The Bertz CT molecular complexity index is 1040. The van der Waals surface area contributed by atoms with Crippen molar-refractivity contribution in [3.8, 4) is 11.4 Å². The van der Waals surface area contributed by atoms with E-state index in [1.807, 2.05) is 61.6 Å². The van der Waals surface area contributed by atoms with Crippen molar-refractivity contribution < 1.29 is 4.79 Å². The van der Waals surface area contributed by atoms with E-state index in [2.05, 4.69) is 25.6 Å². The van der Waals surface area contributed by atoms with Gasteiger partial charge in [0.1, 0.15) is 11.4 Å². The van der Waals surface area contributed by atoms with Gasteiger partial charge in [0.25, 0.3) is 5.91 Å². The van der Waals surface area contributed by atoms with Gasteiger partial charge in [-0.3, -0.25) is 19.6 Å². The number of hydrogen-bond donors (Lipinski definition) is 2. The van der Waals surface area contributed by atoms with Gasteiger partial charge in [0, 0.05) is 19.4 Å². The molecule has 3 aromatic heterocycles. The van der Waals surface area contributed by atoms with Crippen molar-refractivity contribution in [3.05, 3.63) is 90.0 Å². The number of rotatable bonds is 5. The van der Waals surface area contributed by atoms with Gasteiger partial charge in [-0.1, -0.05) is 36.4 Å². The summed E-state index contributed by atoms with van der Waals surface area (Å²) in [5.41, 5.74) is 3.56. The molecule has 0 spiro atoms. The molecule has 0 unspecified atom stereocenters. The molecule has 1 aromatic carbocycles. The number of pyridine rings is 1. The van der Waals surface area contributed by atoms with Gasteiger partial charge in [-0.15, -0.1) is 0 Å². The number of hydrogen-bond acceptors (Lipinski definition) is 4. The Morgan fingerprint density at radius 2 is 1.85 bits per heavy atom. The fourth-order valence-electron chi connectivity index (χ4n) is 2.93. The van der Waals surface area contributed by atoms with E-state index in [4.69, 9.17) is 0 Å². The smallest absolute Gasteiger partial charge is 0.270 e. The number of H-pyrrole nitrogens is 1. The van der Waals surface area contributed by atoms with Crippen molar-refractivity contribution in [2.75, 3.05) is 0 Å². The van der Waals surface area contributed by atoms with E-state index in [0.717, 1.165) is 11.3 Å². The first kappa shape index (κ1) is 16.7. The lowest BCUT2D eigenvalue weighted by atomic mass is 10.0. The molecule has 1 amide bonds. The predicted octanol–water partition coefficient (Wildman–Crippen LogP) is 2.72. The van der Waals surface area contributed by atoms with Crippen molar-refractivity contribution in [1.29, 1.82) is 0 Å². The second-order valence-corrected chi connectivity index (χ2v) is 6.08. The first-order chi connectivity index (χ1) is 13.2. The van der Waals surface area contributed by atoms with Gasteiger partial charge in [0.15, 0.2) is 0 Å². The highest BCUT2D eigenvalue weighted by Gasteiger charge is 2.21. The zero-order valence-electron chi connectivity index (χ0n) is 14.7. The van der Waals surface area contributed by atoms with Crippen LogP contribution >= 0.6 is 0 Å². The fourth-order valence-corrected chi connectivity index (χ4v) is 2.93. The third-order valence-corrected chi connectivity index (χ3v) is 4.31. The highest BCUT2D eigenvalue weighted by molar-refractivity contribution is 5.93. The van der Waals surface area contributed by atoms with Gasteiger partial charge in [-0.05, 0) is 29.8 Å². The van der Waals surface area contributed by atoms with Crippen molar-refractivity contribution in [2.24, 2.45) is 7.05 Å². The number of carbonyl (C=O) groups excluding carboxylic acids is 1. The predicted molar refractivity (Wildman–Crippen MR) is 101 cm³/mol. The summed E-state index contributed by atoms with van der Waals surface area (Å²) in [6.07, 6.45) is 3.41. The second kappa shape index (κ2) is 7.25. The minimum absolute atomic E-state index is 0.250. The Labute approximate surface area is 156 Å². The summed E-state index contributed by atoms with van der Waals surface area (Å²) in [4.78, 5) is 17.1. The van der Waals surface area contributed by atoms with Crippen LogP contribution in [0.4, 0.5) is 0 Å². The molecular formula is C20H18N6O.